The molecule has 0 aliphatic heterocycles. The van der Waals surface area contributed by atoms with Gasteiger partial charge in [0.2, 0.25) is 0 Å². The van der Waals surface area contributed by atoms with Crippen molar-refractivity contribution in [1.29, 1.82) is 0 Å². The third kappa shape index (κ3) is 4.41. The topological polar surface area (TPSA) is 54.0 Å². The second-order valence-corrected chi connectivity index (χ2v) is 5.70. The van der Waals surface area contributed by atoms with Crippen molar-refractivity contribution in [2.24, 2.45) is 0 Å². The molecule has 0 atom stereocenters. The van der Waals surface area contributed by atoms with Gasteiger partial charge in [0.15, 0.2) is 0 Å². The van der Waals surface area contributed by atoms with Crippen molar-refractivity contribution in [2.75, 3.05) is 10.6 Å². The fourth-order valence-electron chi connectivity index (χ4n) is 2.31. The van der Waals surface area contributed by atoms with Gasteiger partial charge in [0.05, 0.1) is 11.9 Å². The van der Waals surface area contributed by atoms with Gasteiger partial charge in [-0.2, -0.15) is 0 Å². The van der Waals surface area contributed by atoms with Gasteiger partial charge in [-0.15, -0.1) is 0 Å². The van der Waals surface area contributed by atoms with Gasteiger partial charge in [0, 0.05) is 17.7 Å². The van der Waals surface area contributed by atoms with Gasteiger partial charge in [0.25, 0.3) is 5.91 Å². The summed E-state index contributed by atoms with van der Waals surface area (Å²) in [7, 11) is 0. The van der Waals surface area contributed by atoms with Gasteiger partial charge in [-0.05, 0) is 37.3 Å². The predicted molar refractivity (Wildman–Crippen MR) is 97.1 cm³/mol. The Morgan fingerprint density at radius 2 is 1.80 bits per heavy atom. The van der Waals surface area contributed by atoms with E-state index in [0.717, 1.165) is 5.56 Å². The number of aryl methyl sites for hydroxylation is 1. The monoisotopic (exact) mass is 335 g/mol. The first-order valence-electron chi connectivity index (χ1n) is 7.93. The predicted octanol–water partition coefficient (Wildman–Crippen LogP) is 4.39. The van der Waals surface area contributed by atoms with Crippen molar-refractivity contribution in [3.05, 3.63) is 89.4 Å². The minimum absolute atomic E-state index is 0.186. The lowest BCUT2D eigenvalue weighted by Crippen LogP contribution is -2.12. The average molecular weight is 335 g/mol. The molecular formula is C20H18FN3O. The Hall–Kier alpha value is -3.21. The lowest BCUT2D eigenvalue weighted by molar-refractivity contribution is 0.102. The van der Waals surface area contributed by atoms with Crippen LogP contribution in [0.5, 0.6) is 0 Å². The van der Waals surface area contributed by atoms with E-state index in [0.29, 0.717) is 29.2 Å². The van der Waals surface area contributed by atoms with Crippen molar-refractivity contribution in [1.82, 2.24) is 4.98 Å². The van der Waals surface area contributed by atoms with Crippen molar-refractivity contribution in [3.63, 3.8) is 0 Å². The number of aromatic nitrogens is 1. The van der Waals surface area contributed by atoms with E-state index in [1.807, 2.05) is 19.1 Å². The Balaban J connectivity index is 1.59. The molecule has 25 heavy (non-hydrogen) atoms. The molecule has 0 fully saturated rings. The lowest BCUT2D eigenvalue weighted by atomic mass is 10.1. The maximum atomic E-state index is 13.6. The summed E-state index contributed by atoms with van der Waals surface area (Å²) in [5, 5.41) is 5.85. The number of amides is 1. The van der Waals surface area contributed by atoms with E-state index in [-0.39, 0.29) is 11.7 Å². The molecule has 1 amide bonds. The number of carbonyl (C=O) groups excluding carboxylic acids is 1. The highest BCUT2D eigenvalue weighted by Crippen LogP contribution is 2.14. The zero-order chi connectivity index (χ0) is 17.6. The Kier molecular flexibility index (Phi) is 5.04. The molecule has 0 saturated carbocycles. The van der Waals surface area contributed by atoms with Crippen LogP contribution >= 0.6 is 0 Å². The summed E-state index contributed by atoms with van der Waals surface area (Å²) in [5.41, 5.74) is 2.86. The van der Waals surface area contributed by atoms with E-state index in [4.69, 9.17) is 0 Å². The van der Waals surface area contributed by atoms with Gasteiger partial charge >= 0.3 is 0 Å². The first-order chi connectivity index (χ1) is 12.1. The number of nitrogens with one attached hydrogen (secondary N) is 2. The first kappa shape index (κ1) is 16.6. The van der Waals surface area contributed by atoms with Crippen LogP contribution in [0.1, 0.15) is 21.5 Å². The average Bonchev–Trinajstić information content (AvgIpc) is 2.63. The van der Waals surface area contributed by atoms with Crippen LogP contribution in [0, 0.1) is 12.7 Å². The lowest BCUT2D eigenvalue weighted by Gasteiger charge is -2.08. The molecule has 1 heterocycles. The van der Waals surface area contributed by atoms with Crippen molar-refractivity contribution in [3.8, 4) is 0 Å². The van der Waals surface area contributed by atoms with Crippen molar-refractivity contribution >= 4 is 17.4 Å². The molecule has 0 aliphatic carbocycles. The number of anilines is 2. The number of benzene rings is 2. The molecule has 1 aromatic heterocycles. The fraction of sp³-hybridized carbons (Fsp3) is 0.100. The maximum absolute atomic E-state index is 13.6. The van der Waals surface area contributed by atoms with Crippen molar-refractivity contribution < 1.29 is 9.18 Å². The second-order valence-electron chi connectivity index (χ2n) is 5.70. The summed E-state index contributed by atoms with van der Waals surface area (Å²) >= 11 is 0. The van der Waals surface area contributed by atoms with Gasteiger partial charge in [-0.25, -0.2) is 9.37 Å². The smallest absolute Gasteiger partial charge is 0.255 e. The minimum atomic E-state index is -0.253. The molecule has 0 unspecified atom stereocenters. The molecule has 0 spiro atoms. The van der Waals surface area contributed by atoms with Crippen LogP contribution in [0.25, 0.3) is 0 Å². The SMILES string of the molecule is Cc1ccc(C(=O)Nc2ccc(NCc3ccccc3F)nc2)cc1. The summed E-state index contributed by atoms with van der Waals surface area (Å²) in [6.45, 7) is 2.31. The number of rotatable bonds is 5. The molecule has 3 aromatic rings. The molecule has 126 valence electrons. The van der Waals surface area contributed by atoms with Crippen molar-refractivity contribution in [2.45, 2.75) is 13.5 Å². The molecule has 0 bridgehead atoms. The van der Waals surface area contributed by atoms with E-state index in [1.54, 1.807) is 48.7 Å². The molecule has 4 nitrogen and oxygen atoms in total. The zero-order valence-corrected chi connectivity index (χ0v) is 13.8. The van der Waals surface area contributed by atoms with Crippen LogP contribution < -0.4 is 10.6 Å². The Morgan fingerprint density at radius 3 is 2.48 bits per heavy atom. The van der Waals surface area contributed by atoms with Gasteiger partial charge in [-0.3, -0.25) is 4.79 Å². The summed E-state index contributed by atoms with van der Waals surface area (Å²) in [4.78, 5) is 16.4. The molecule has 0 aliphatic rings. The molecule has 2 aromatic carbocycles. The van der Waals surface area contributed by atoms with E-state index < -0.39 is 0 Å². The third-order valence-corrected chi connectivity index (χ3v) is 3.75. The summed E-state index contributed by atoms with van der Waals surface area (Å²) < 4.78 is 13.6. The number of hydrogen-bond donors (Lipinski definition) is 2. The minimum Gasteiger partial charge on any atom is -0.366 e. The van der Waals surface area contributed by atoms with E-state index in [2.05, 4.69) is 15.6 Å². The summed E-state index contributed by atoms with van der Waals surface area (Å²) in [6.07, 6.45) is 1.57. The second kappa shape index (κ2) is 7.57. The van der Waals surface area contributed by atoms with Crippen LogP contribution in [0.3, 0.4) is 0 Å². The molecular weight excluding hydrogens is 317 g/mol. The Bertz CT molecular complexity index is 861. The third-order valence-electron chi connectivity index (χ3n) is 3.75. The highest BCUT2D eigenvalue weighted by Gasteiger charge is 2.06. The van der Waals surface area contributed by atoms with Gasteiger partial charge < -0.3 is 10.6 Å². The Labute approximate surface area is 145 Å². The van der Waals surface area contributed by atoms with Gasteiger partial charge in [-0.1, -0.05) is 35.9 Å². The van der Waals surface area contributed by atoms with E-state index >= 15 is 0 Å². The molecule has 2 N–H and O–H groups in total. The molecule has 3 rings (SSSR count). The van der Waals surface area contributed by atoms with Crippen LogP contribution in [0.2, 0.25) is 0 Å². The van der Waals surface area contributed by atoms with Gasteiger partial charge in [0.1, 0.15) is 11.6 Å². The van der Waals surface area contributed by atoms with Crippen LogP contribution in [0.4, 0.5) is 15.9 Å². The number of hydrogen-bond acceptors (Lipinski definition) is 3. The molecule has 0 radical (unpaired) electrons. The maximum Gasteiger partial charge on any atom is 0.255 e. The molecule has 0 saturated heterocycles. The van der Waals surface area contributed by atoms with Crippen LogP contribution in [-0.4, -0.2) is 10.9 Å². The first-order valence-corrected chi connectivity index (χ1v) is 7.93. The normalized spacial score (nSPS) is 10.3. The highest BCUT2D eigenvalue weighted by molar-refractivity contribution is 6.04. The van der Waals surface area contributed by atoms with Crippen LogP contribution in [0.15, 0.2) is 66.9 Å². The zero-order valence-electron chi connectivity index (χ0n) is 13.8. The largest absolute Gasteiger partial charge is 0.366 e. The number of pyridine rings is 1. The number of halogens is 1. The Morgan fingerprint density at radius 1 is 1.04 bits per heavy atom. The summed E-state index contributed by atoms with van der Waals surface area (Å²) in [6, 6.07) is 17.4. The highest BCUT2D eigenvalue weighted by atomic mass is 19.1. The standard InChI is InChI=1S/C20H18FN3O/c1-14-6-8-15(9-7-14)20(25)24-17-10-11-19(23-13-17)22-12-16-4-2-3-5-18(16)21/h2-11,13H,12H2,1H3,(H,22,23)(H,24,25). The number of nitrogens with zero attached hydrogens (tertiary/aromatic N) is 1. The molecule has 5 heteroatoms. The summed E-state index contributed by atoms with van der Waals surface area (Å²) in [5.74, 6) is 0.169. The quantitative estimate of drug-likeness (QED) is 0.727. The van der Waals surface area contributed by atoms with Crippen LogP contribution in [-0.2, 0) is 6.54 Å². The number of carbonyl (C=O) groups is 1. The fourth-order valence-corrected chi connectivity index (χ4v) is 2.31. The van der Waals surface area contributed by atoms with E-state index in [9.17, 15) is 9.18 Å². The van der Waals surface area contributed by atoms with E-state index in [1.165, 1.54) is 6.07 Å².